The van der Waals surface area contributed by atoms with Gasteiger partial charge in [-0.25, -0.2) is 4.98 Å². The van der Waals surface area contributed by atoms with Gasteiger partial charge in [-0.3, -0.25) is 4.79 Å². The van der Waals surface area contributed by atoms with E-state index in [9.17, 15) is 4.79 Å². The van der Waals surface area contributed by atoms with Crippen molar-refractivity contribution < 1.29 is 4.79 Å². The average Bonchev–Trinajstić information content (AvgIpc) is 2.46. The van der Waals surface area contributed by atoms with Crippen LogP contribution in [0.4, 0.5) is 5.82 Å². The number of anilines is 1. The lowest BCUT2D eigenvalue weighted by molar-refractivity contribution is 0.0572. The number of carbonyl (C=O) groups excluding carboxylic acids is 1. The highest BCUT2D eigenvalue weighted by Gasteiger charge is 2.25. The molecule has 2 rings (SSSR count). The lowest BCUT2D eigenvalue weighted by Crippen LogP contribution is -2.52. The zero-order valence-corrected chi connectivity index (χ0v) is 13.7. The van der Waals surface area contributed by atoms with Crippen LogP contribution >= 0.6 is 11.6 Å². The van der Waals surface area contributed by atoms with Crippen LogP contribution in [-0.2, 0) is 0 Å². The molecule has 2 heterocycles. The van der Waals surface area contributed by atoms with E-state index in [0.717, 1.165) is 32.6 Å². The predicted octanol–water partition coefficient (Wildman–Crippen LogP) is 2.33. The third kappa shape index (κ3) is 4.08. The number of pyridine rings is 1. The molecule has 1 unspecified atom stereocenters. The molecule has 0 radical (unpaired) electrons. The lowest BCUT2D eigenvalue weighted by Gasteiger charge is -2.37. The largest absolute Gasteiger partial charge is 0.370 e. The molecule has 1 atom stereocenters. The fourth-order valence-electron chi connectivity index (χ4n) is 2.38. The number of carbonyl (C=O) groups is 1. The van der Waals surface area contributed by atoms with E-state index >= 15 is 0 Å². The van der Waals surface area contributed by atoms with Gasteiger partial charge in [0.25, 0.3) is 5.91 Å². The van der Waals surface area contributed by atoms with E-state index in [0.29, 0.717) is 22.6 Å². The fraction of sp³-hybridized carbons (Fsp3) is 0.600. The van der Waals surface area contributed by atoms with Crippen LogP contribution in [0.3, 0.4) is 0 Å². The van der Waals surface area contributed by atoms with Crippen molar-refractivity contribution in [1.82, 2.24) is 14.8 Å². The van der Waals surface area contributed by atoms with Crippen molar-refractivity contribution in [2.24, 2.45) is 0 Å². The van der Waals surface area contributed by atoms with Crippen molar-refractivity contribution in [3.63, 3.8) is 0 Å². The highest BCUT2D eigenvalue weighted by atomic mass is 35.5. The van der Waals surface area contributed by atoms with Gasteiger partial charge in [-0.1, -0.05) is 18.5 Å². The Morgan fingerprint density at radius 3 is 2.90 bits per heavy atom. The first kappa shape index (κ1) is 16.0. The quantitative estimate of drug-likeness (QED) is 0.867. The molecule has 1 saturated heterocycles. The van der Waals surface area contributed by atoms with E-state index in [1.54, 1.807) is 12.1 Å². The molecule has 116 valence electrons. The van der Waals surface area contributed by atoms with Crippen molar-refractivity contribution in [1.29, 1.82) is 0 Å². The first-order valence-electron chi connectivity index (χ1n) is 7.42. The molecule has 1 aromatic heterocycles. The number of nitrogens with one attached hydrogen (secondary N) is 1. The molecule has 1 aliphatic heterocycles. The van der Waals surface area contributed by atoms with Crippen LogP contribution in [0.2, 0.25) is 5.15 Å². The molecule has 0 saturated carbocycles. The fourth-order valence-corrected chi connectivity index (χ4v) is 2.59. The van der Waals surface area contributed by atoms with Gasteiger partial charge in [-0.2, -0.15) is 0 Å². The summed E-state index contributed by atoms with van der Waals surface area (Å²) in [6.07, 6.45) is 0.993. The zero-order chi connectivity index (χ0) is 15.4. The topological polar surface area (TPSA) is 48.5 Å². The summed E-state index contributed by atoms with van der Waals surface area (Å²) in [5.41, 5.74) is 0.602. The Bertz CT molecular complexity index is 508. The van der Waals surface area contributed by atoms with Crippen molar-refractivity contribution >= 4 is 23.3 Å². The minimum Gasteiger partial charge on any atom is -0.370 e. The van der Waals surface area contributed by atoms with Gasteiger partial charge in [0.1, 0.15) is 11.0 Å². The van der Waals surface area contributed by atoms with Gasteiger partial charge in [0.05, 0.1) is 0 Å². The van der Waals surface area contributed by atoms with Crippen LogP contribution in [0.25, 0.3) is 0 Å². The number of hydrogen-bond acceptors (Lipinski definition) is 4. The van der Waals surface area contributed by atoms with Gasteiger partial charge in [0, 0.05) is 37.8 Å². The molecule has 6 heteroatoms. The van der Waals surface area contributed by atoms with Crippen molar-refractivity contribution in [3.8, 4) is 0 Å². The van der Waals surface area contributed by atoms with Gasteiger partial charge >= 0.3 is 0 Å². The van der Waals surface area contributed by atoms with Gasteiger partial charge in [-0.05, 0) is 32.5 Å². The van der Waals surface area contributed by atoms with E-state index in [4.69, 9.17) is 11.6 Å². The highest BCUT2D eigenvalue weighted by molar-refractivity contribution is 6.29. The van der Waals surface area contributed by atoms with Crippen molar-refractivity contribution in [2.45, 2.75) is 26.3 Å². The maximum atomic E-state index is 12.6. The summed E-state index contributed by atoms with van der Waals surface area (Å²) in [6.45, 7) is 7.41. The summed E-state index contributed by atoms with van der Waals surface area (Å²) >= 11 is 6.03. The van der Waals surface area contributed by atoms with Crippen molar-refractivity contribution in [3.05, 3.63) is 22.8 Å². The first-order chi connectivity index (χ1) is 10.0. The van der Waals surface area contributed by atoms with Crippen LogP contribution in [0.5, 0.6) is 0 Å². The number of likely N-dealkylation sites (N-methyl/N-ethyl adjacent to an activating group) is 1. The normalized spacial score (nSPS) is 19.6. The molecule has 5 nitrogen and oxygen atoms in total. The van der Waals surface area contributed by atoms with Gasteiger partial charge in [0.2, 0.25) is 0 Å². The summed E-state index contributed by atoms with van der Waals surface area (Å²) in [5.74, 6) is 0.689. The van der Waals surface area contributed by atoms with E-state index in [1.807, 2.05) is 4.90 Å². The molecule has 1 fully saturated rings. The summed E-state index contributed by atoms with van der Waals surface area (Å²) in [4.78, 5) is 21.0. The third-order valence-corrected chi connectivity index (χ3v) is 4.04. The maximum Gasteiger partial charge on any atom is 0.254 e. The van der Waals surface area contributed by atoms with Crippen LogP contribution in [0.1, 0.15) is 30.6 Å². The molecular weight excluding hydrogens is 288 g/mol. The standard InChI is InChI=1S/C15H23ClN4O/c1-4-5-17-14-9-12(8-13(16)18-14)15(21)20-7-6-19(3)11(2)10-20/h8-9,11H,4-7,10H2,1-3H3,(H,17,18). The van der Waals surface area contributed by atoms with E-state index in [-0.39, 0.29) is 5.91 Å². The second-order valence-electron chi connectivity index (χ2n) is 5.57. The number of aromatic nitrogens is 1. The summed E-state index contributed by atoms with van der Waals surface area (Å²) < 4.78 is 0. The van der Waals surface area contributed by atoms with Crippen molar-refractivity contribution in [2.75, 3.05) is 38.5 Å². The molecule has 0 spiro atoms. The Morgan fingerprint density at radius 1 is 1.48 bits per heavy atom. The minimum atomic E-state index is 0.0267. The molecule has 21 heavy (non-hydrogen) atoms. The SMILES string of the molecule is CCCNc1cc(C(=O)N2CCN(C)C(C)C2)cc(Cl)n1. The molecule has 1 aromatic rings. The average molecular weight is 311 g/mol. The minimum absolute atomic E-state index is 0.0267. The maximum absolute atomic E-state index is 12.6. The molecular formula is C15H23ClN4O. The number of amides is 1. The number of rotatable bonds is 4. The summed E-state index contributed by atoms with van der Waals surface area (Å²) in [7, 11) is 2.09. The van der Waals surface area contributed by atoms with E-state index in [1.165, 1.54) is 0 Å². The Hall–Kier alpha value is -1.33. The Balaban J connectivity index is 2.13. The Kier molecular flexibility index (Phi) is 5.42. The molecule has 0 aromatic carbocycles. The second kappa shape index (κ2) is 7.09. The van der Waals surface area contributed by atoms with Gasteiger partial charge < -0.3 is 15.1 Å². The van der Waals surface area contributed by atoms with Gasteiger partial charge in [0.15, 0.2) is 0 Å². The lowest BCUT2D eigenvalue weighted by atomic mass is 10.1. The molecule has 1 amide bonds. The van der Waals surface area contributed by atoms with E-state index < -0.39 is 0 Å². The van der Waals surface area contributed by atoms with Crippen LogP contribution in [0, 0.1) is 0 Å². The van der Waals surface area contributed by atoms with Crippen LogP contribution in [-0.4, -0.2) is 60.0 Å². The monoisotopic (exact) mass is 310 g/mol. The van der Waals surface area contributed by atoms with E-state index in [2.05, 4.69) is 36.1 Å². The molecule has 0 bridgehead atoms. The molecule has 0 aliphatic carbocycles. The number of halogens is 1. The summed E-state index contributed by atoms with van der Waals surface area (Å²) in [6, 6.07) is 3.80. The van der Waals surface area contributed by atoms with Crippen LogP contribution < -0.4 is 5.32 Å². The number of piperazine rings is 1. The van der Waals surface area contributed by atoms with Gasteiger partial charge in [-0.15, -0.1) is 0 Å². The highest BCUT2D eigenvalue weighted by Crippen LogP contribution is 2.18. The Morgan fingerprint density at radius 2 is 2.24 bits per heavy atom. The molecule has 1 aliphatic rings. The number of nitrogens with zero attached hydrogens (tertiary/aromatic N) is 3. The van der Waals surface area contributed by atoms with Crippen LogP contribution in [0.15, 0.2) is 12.1 Å². The summed E-state index contributed by atoms with van der Waals surface area (Å²) in [5, 5.41) is 3.52. The predicted molar refractivity (Wildman–Crippen MR) is 86.0 cm³/mol. The molecule has 1 N–H and O–H groups in total. The smallest absolute Gasteiger partial charge is 0.254 e. The zero-order valence-electron chi connectivity index (χ0n) is 12.9. The second-order valence-corrected chi connectivity index (χ2v) is 5.96. The number of hydrogen-bond donors (Lipinski definition) is 1. The Labute approximate surface area is 131 Å². The third-order valence-electron chi connectivity index (χ3n) is 3.84. The first-order valence-corrected chi connectivity index (χ1v) is 7.80.